The number of hydrogen-bond donors (Lipinski definition) is 2. The molecule has 0 bridgehead atoms. The Hall–Kier alpha value is -0.610. The van der Waals surface area contributed by atoms with E-state index < -0.39 is 6.10 Å². The van der Waals surface area contributed by atoms with Gasteiger partial charge in [-0.05, 0) is 5.56 Å². The van der Waals surface area contributed by atoms with Crippen LogP contribution in [0.2, 0.25) is 0 Å². The van der Waals surface area contributed by atoms with Crippen LogP contribution in [0.5, 0.6) is 0 Å². The molecule has 1 atom stereocenters. The van der Waals surface area contributed by atoms with E-state index in [9.17, 15) is 5.11 Å². The Morgan fingerprint density at radius 2 is 1.92 bits per heavy atom. The van der Waals surface area contributed by atoms with Gasteiger partial charge in [-0.2, -0.15) is 0 Å². The van der Waals surface area contributed by atoms with E-state index >= 15 is 0 Å². The molecule has 3 nitrogen and oxygen atoms in total. The number of rotatable bonds is 3. The second-order valence-electron chi connectivity index (χ2n) is 2.30. The molecular weight excluding hydrogens is 178 g/mol. The molecule has 0 heterocycles. The fourth-order valence-electron chi connectivity index (χ4n) is 0.883. The summed E-state index contributed by atoms with van der Waals surface area (Å²) in [6, 6.07) is 9.36. The summed E-state index contributed by atoms with van der Waals surface area (Å²) in [6.45, 7) is 0.240. The lowest BCUT2D eigenvalue weighted by molar-refractivity contribution is -0.691. The van der Waals surface area contributed by atoms with Crippen LogP contribution >= 0.6 is 0 Å². The summed E-state index contributed by atoms with van der Waals surface area (Å²) < 4.78 is 0. The van der Waals surface area contributed by atoms with Gasteiger partial charge in [0, 0.05) is 0 Å². The maximum Gasteiger partial charge on any atom is 0.136 e. The Balaban J connectivity index is 0.00000121. The third-order valence-electron chi connectivity index (χ3n) is 1.46. The summed E-state index contributed by atoms with van der Waals surface area (Å²) in [7, 11) is 0. The summed E-state index contributed by atoms with van der Waals surface area (Å²) in [5, 5.41) is 9.36. The van der Waals surface area contributed by atoms with Crippen molar-refractivity contribution in [3.05, 3.63) is 35.9 Å². The lowest BCUT2D eigenvalue weighted by Gasteiger charge is -2.06. The molecule has 0 aromatic heterocycles. The topological polar surface area (TPSA) is 57.1 Å². The molecule has 0 spiro atoms. The van der Waals surface area contributed by atoms with Crippen molar-refractivity contribution >= 4 is 0 Å². The van der Waals surface area contributed by atoms with Crippen LogP contribution in [0.4, 0.5) is 0 Å². The molecule has 4 N–H and O–H groups in total. The van der Waals surface area contributed by atoms with Gasteiger partial charge in [0.25, 0.3) is 0 Å². The van der Waals surface area contributed by atoms with Crippen molar-refractivity contribution in [3.8, 4) is 0 Å². The molecule has 68 valence electrons. The largest absolute Gasteiger partial charge is 1.00 e. The van der Waals surface area contributed by atoms with E-state index in [1.807, 2.05) is 30.3 Å². The van der Waals surface area contributed by atoms with E-state index in [-0.39, 0.29) is 19.0 Å². The molecule has 0 radical (unpaired) electrons. The maximum absolute atomic E-state index is 9.36. The van der Waals surface area contributed by atoms with Gasteiger partial charge in [-0.15, -0.1) is 0 Å². The van der Waals surface area contributed by atoms with Crippen LogP contribution in [0.25, 0.3) is 0 Å². The minimum atomic E-state index is -0.561. The number of aliphatic hydroxyl groups excluding tert-OH is 1. The van der Waals surface area contributed by atoms with Crippen molar-refractivity contribution in [2.75, 3.05) is 6.61 Å². The van der Waals surface area contributed by atoms with Gasteiger partial charge in [0.05, 0.1) is 0 Å². The second-order valence-corrected chi connectivity index (χ2v) is 2.30. The van der Waals surface area contributed by atoms with E-state index in [1.54, 1.807) is 0 Å². The van der Waals surface area contributed by atoms with Gasteiger partial charge in [0.15, 0.2) is 0 Å². The van der Waals surface area contributed by atoms with Crippen LogP contribution in [0.3, 0.4) is 0 Å². The fourth-order valence-corrected chi connectivity index (χ4v) is 0.883. The van der Waals surface area contributed by atoms with Gasteiger partial charge < -0.3 is 17.5 Å². The zero-order valence-corrected chi connectivity index (χ0v) is 7.37. The van der Waals surface area contributed by atoms with Crippen molar-refractivity contribution < 1.29 is 28.2 Å². The van der Waals surface area contributed by atoms with E-state index in [1.165, 1.54) is 0 Å². The molecule has 1 rings (SSSR count). The first-order chi connectivity index (χ1) is 5.34. The molecular formula is C8H12ClNO2. The average molecular weight is 190 g/mol. The summed E-state index contributed by atoms with van der Waals surface area (Å²) >= 11 is 0. The highest BCUT2D eigenvalue weighted by molar-refractivity contribution is 5.17. The maximum atomic E-state index is 9.36. The molecule has 0 aliphatic carbocycles. The highest BCUT2D eigenvalue weighted by atomic mass is 35.5. The number of quaternary nitrogens is 1. The summed E-state index contributed by atoms with van der Waals surface area (Å²) in [6.07, 6.45) is -0.561. The highest BCUT2D eigenvalue weighted by Gasteiger charge is 2.05. The van der Waals surface area contributed by atoms with Crippen LogP contribution in [0.1, 0.15) is 11.7 Å². The predicted octanol–water partition coefficient (Wildman–Crippen LogP) is -3.10. The zero-order chi connectivity index (χ0) is 8.10. The van der Waals surface area contributed by atoms with Crippen molar-refractivity contribution in [1.29, 1.82) is 0 Å². The normalized spacial score (nSPS) is 11.8. The van der Waals surface area contributed by atoms with Crippen molar-refractivity contribution in [2.45, 2.75) is 6.10 Å². The van der Waals surface area contributed by atoms with Crippen molar-refractivity contribution in [2.24, 2.45) is 0 Å². The molecule has 0 saturated carbocycles. The lowest BCUT2D eigenvalue weighted by atomic mass is 10.1. The van der Waals surface area contributed by atoms with Gasteiger partial charge in [-0.1, -0.05) is 30.3 Å². The monoisotopic (exact) mass is 189 g/mol. The molecule has 1 unspecified atom stereocenters. The number of hydrogen-bond acceptors (Lipinski definition) is 2. The third kappa shape index (κ3) is 3.19. The van der Waals surface area contributed by atoms with Gasteiger partial charge in [-0.3, -0.25) is 0 Å². The Morgan fingerprint density at radius 3 is 2.42 bits per heavy atom. The van der Waals surface area contributed by atoms with Crippen LogP contribution in [-0.2, 0) is 4.84 Å². The van der Waals surface area contributed by atoms with Gasteiger partial charge in [0.1, 0.15) is 12.7 Å². The number of benzene rings is 1. The first-order valence-electron chi connectivity index (χ1n) is 3.44. The number of halogens is 1. The van der Waals surface area contributed by atoms with Crippen LogP contribution in [0, 0.1) is 0 Å². The summed E-state index contributed by atoms with van der Waals surface area (Å²) in [4.78, 5) is 4.56. The fraction of sp³-hybridized carbons (Fsp3) is 0.250. The first kappa shape index (κ1) is 11.4. The number of aliphatic hydroxyl groups is 1. The SMILES string of the molecule is [Cl-].[NH3+]OCC(O)c1ccccc1. The lowest BCUT2D eigenvalue weighted by Crippen LogP contribution is -3.00. The standard InChI is InChI=1S/C8H12NO2.ClH/c9-11-6-8(10)7-4-2-1-3-5-7;/h1-5,8,10H,6H2,9H3;1H/q+1;/p-1. The minimum absolute atomic E-state index is 0. The Morgan fingerprint density at radius 1 is 1.33 bits per heavy atom. The molecule has 1 aromatic rings. The van der Waals surface area contributed by atoms with Crippen LogP contribution in [-0.4, -0.2) is 11.7 Å². The smallest absolute Gasteiger partial charge is 0.136 e. The van der Waals surface area contributed by atoms with E-state index in [0.717, 1.165) is 5.56 Å². The summed E-state index contributed by atoms with van der Waals surface area (Å²) in [5.74, 6) is 3.19. The quantitative estimate of drug-likeness (QED) is 0.495. The Kier molecular flexibility index (Phi) is 5.66. The second kappa shape index (κ2) is 5.97. The van der Waals surface area contributed by atoms with Gasteiger partial charge in [-0.25, -0.2) is 10.7 Å². The van der Waals surface area contributed by atoms with E-state index in [0.29, 0.717) is 0 Å². The van der Waals surface area contributed by atoms with Gasteiger partial charge >= 0.3 is 0 Å². The van der Waals surface area contributed by atoms with E-state index in [2.05, 4.69) is 10.7 Å². The zero-order valence-electron chi connectivity index (χ0n) is 6.61. The first-order valence-corrected chi connectivity index (χ1v) is 3.44. The molecule has 0 aliphatic rings. The highest BCUT2D eigenvalue weighted by Crippen LogP contribution is 2.10. The Labute approximate surface area is 77.5 Å². The molecule has 0 fully saturated rings. The molecule has 1 aromatic carbocycles. The molecule has 0 aliphatic heterocycles. The minimum Gasteiger partial charge on any atom is -1.00 e. The molecule has 12 heavy (non-hydrogen) atoms. The Bertz CT molecular complexity index is 205. The van der Waals surface area contributed by atoms with Gasteiger partial charge in [0.2, 0.25) is 0 Å². The van der Waals surface area contributed by atoms with Crippen molar-refractivity contribution in [1.82, 2.24) is 0 Å². The molecule has 0 amide bonds. The van der Waals surface area contributed by atoms with Crippen molar-refractivity contribution in [3.63, 3.8) is 0 Å². The molecule has 0 saturated heterocycles. The molecule has 4 heteroatoms. The average Bonchev–Trinajstić information content (AvgIpc) is 2.07. The summed E-state index contributed by atoms with van der Waals surface area (Å²) in [5.41, 5.74) is 0.858. The van der Waals surface area contributed by atoms with E-state index in [4.69, 9.17) is 0 Å². The van der Waals surface area contributed by atoms with Crippen LogP contribution < -0.4 is 18.3 Å². The third-order valence-corrected chi connectivity index (χ3v) is 1.46. The van der Waals surface area contributed by atoms with Crippen LogP contribution in [0.15, 0.2) is 30.3 Å². The predicted molar refractivity (Wildman–Crippen MR) is 40.2 cm³/mol.